The minimum atomic E-state index is -1.16. The number of benzene rings is 1. The number of hydrogen-bond acceptors (Lipinski definition) is 3. The third-order valence-corrected chi connectivity index (χ3v) is 2.92. The Bertz CT molecular complexity index is 589. The molecule has 1 aromatic carbocycles. The van der Waals surface area contributed by atoms with Gasteiger partial charge in [0.2, 0.25) is 5.78 Å². The van der Waals surface area contributed by atoms with Crippen LogP contribution in [0.4, 0.5) is 0 Å². The molecular formula is C13H14N2O3. The van der Waals surface area contributed by atoms with Gasteiger partial charge in [-0.1, -0.05) is 18.2 Å². The summed E-state index contributed by atoms with van der Waals surface area (Å²) in [5.41, 5.74) is 5.16. The molecule has 1 aromatic heterocycles. The van der Waals surface area contributed by atoms with Crippen molar-refractivity contribution in [3.63, 3.8) is 0 Å². The second kappa shape index (κ2) is 5.01. The van der Waals surface area contributed by atoms with E-state index in [0.717, 1.165) is 10.9 Å². The Morgan fingerprint density at radius 3 is 2.78 bits per heavy atom. The van der Waals surface area contributed by atoms with Crippen molar-refractivity contribution in [2.45, 2.75) is 18.9 Å². The minimum absolute atomic E-state index is 0.145. The van der Waals surface area contributed by atoms with Gasteiger partial charge in [-0.2, -0.15) is 0 Å². The number of hydrogen-bond donors (Lipinski definition) is 2. The summed E-state index contributed by atoms with van der Waals surface area (Å²) in [6.45, 7) is 0. The lowest BCUT2D eigenvalue weighted by molar-refractivity contribution is -0.401. The van der Waals surface area contributed by atoms with Crippen LogP contribution in [0, 0.1) is 0 Å². The lowest BCUT2D eigenvalue weighted by Gasteiger charge is -2.07. The molecule has 2 aromatic rings. The van der Waals surface area contributed by atoms with E-state index in [1.807, 2.05) is 24.3 Å². The van der Waals surface area contributed by atoms with Crippen LogP contribution in [0.25, 0.3) is 10.9 Å². The number of aliphatic carboxylic acids is 1. The van der Waals surface area contributed by atoms with Gasteiger partial charge in [0.15, 0.2) is 0 Å². The third kappa shape index (κ3) is 2.41. The number of Topliss-reactive ketones (excluding diaryl/α,β-unsaturated/α-hetero) is 1. The Balaban J connectivity index is 2.20. The predicted octanol–water partition coefficient (Wildman–Crippen LogP) is -0.509. The highest BCUT2D eigenvalue weighted by Crippen LogP contribution is 2.19. The minimum Gasteiger partial charge on any atom is -0.550 e. The number of rotatable bonds is 5. The highest BCUT2D eigenvalue weighted by atomic mass is 16.4. The van der Waals surface area contributed by atoms with E-state index in [2.05, 4.69) is 10.7 Å². The second-order valence-corrected chi connectivity index (χ2v) is 4.22. The number of para-hydroxylation sites is 1. The first kappa shape index (κ1) is 12.3. The van der Waals surface area contributed by atoms with E-state index in [0.29, 0.717) is 5.56 Å². The molecular weight excluding hydrogens is 232 g/mol. The summed E-state index contributed by atoms with van der Waals surface area (Å²) >= 11 is 0. The maximum atomic E-state index is 12.1. The number of ketones is 1. The quantitative estimate of drug-likeness (QED) is 0.695. The number of carboxylic acid groups (broad SMARTS) is 1. The summed E-state index contributed by atoms with van der Waals surface area (Å²) < 4.78 is 0. The highest BCUT2D eigenvalue weighted by Gasteiger charge is 2.21. The van der Waals surface area contributed by atoms with Crippen LogP contribution in [0.3, 0.4) is 0 Å². The zero-order valence-corrected chi connectivity index (χ0v) is 9.81. The third-order valence-electron chi connectivity index (χ3n) is 2.92. The molecule has 0 saturated heterocycles. The lowest BCUT2D eigenvalue weighted by Crippen LogP contribution is -2.65. The topological polar surface area (TPSA) is 101 Å². The van der Waals surface area contributed by atoms with Crippen molar-refractivity contribution in [2.75, 3.05) is 0 Å². The molecule has 5 nitrogen and oxygen atoms in total. The summed E-state index contributed by atoms with van der Waals surface area (Å²) in [5, 5.41) is 11.2. The van der Waals surface area contributed by atoms with Crippen molar-refractivity contribution in [3.05, 3.63) is 36.0 Å². The molecule has 0 amide bonds. The Kier molecular flexibility index (Phi) is 3.43. The van der Waals surface area contributed by atoms with E-state index < -0.39 is 12.0 Å². The van der Waals surface area contributed by atoms with Crippen molar-refractivity contribution in [2.24, 2.45) is 0 Å². The molecule has 0 aliphatic carbocycles. The number of H-pyrrole nitrogens is 1. The standard InChI is InChI=1S/C13H14N2O3/c14-10(5-6-12(16)17)13(18)9-7-15-11-4-2-1-3-8(9)11/h1-4,7,10,15H,5-6,14H2,(H,16,17)/t10-/m1/s1. The maximum absolute atomic E-state index is 12.1. The molecule has 94 valence electrons. The first-order chi connectivity index (χ1) is 8.59. The van der Waals surface area contributed by atoms with Gasteiger partial charge < -0.3 is 20.6 Å². The van der Waals surface area contributed by atoms with Crippen LogP contribution < -0.4 is 10.8 Å². The van der Waals surface area contributed by atoms with Gasteiger partial charge in [0.1, 0.15) is 6.04 Å². The van der Waals surface area contributed by atoms with Gasteiger partial charge in [-0.05, 0) is 12.5 Å². The van der Waals surface area contributed by atoms with E-state index >= 15 is 0 Å². The van der Waals surface area contributed by atoms with Gasteiger partial charge in [-0.25, -0.2) is 0 Å². The molecule has 2 rings (SSSR count). The van der Waals surface area contributed by atoms with Gasteiger partial charge in [0.05, 0.1) is 0 Å². The second-order valence-electron chi connectivity index (χ2n) is 4.22. The molecule has 0 spiro atoms. The van der Waals surface area contributed by atoms with Gasteiger partial charge in [-0.15, -0.1) is 0 Å². The molecule has 4 N–H and O–H groups in total. The van der Waals surface area contributed by atoms with Crippen molar-refractivity contribution in [1.82, 2.24) is 4.98 Å². The number of aromatic nitrogens is 1. The first-order valence-corrected chi connectivity index (χ1v) is 5.73. The fraction of sp³-hybridized carbons (Fsp3) is 0.231. The number of aromatic amines is 1. The normalized spacial score (nSPS) is 12.5. The van der Waals surface area contributed by atoms with Crippen LogP contribution in [0.1, 0.15) is 23.2 Å². The highest BCUT2D eigenvalue weighted by molar-refractivity contribution is 6.09. The zero-order chi connectivity index (χ0) is 13.1. The molecule has 1 heterocycles. The van der Waals surface area contributed by atoms with E-state index in [-0.39, 0.29) is 18.6 Å². The summed E-state index contributed by atoms with van der Waals surface area (Å²) in [6.07, 6.45) is 1.69. The van der Waals surface area contributed by atoms with Crippen LogP contribution >= 0.6 is 0 Å². The van der Waals surface area contributed by atoms with Gasteiger partial charge in [0, 0.05) is 35.1 Å². The van der Waals surface area contributed by atoms with Crippen LogP contribution in [-0.2, 0) is 4.79 Å². The lowest BCUT2D eigenvalue weighted by atomic mass is 10.0. The number of carbonyl (C=O) groups excluding carboxylic acids is 2. The molecule has 5 heteroatoms. The SMILES string of the molecule is [NH3+][C@H](CCC(=O)[O-])C(=O)c1c[nH]c2ccccc12. The fourth-order valence-electron chi connectivity index (χ4n) is 1.92. The van der Waals surface area contributed by atoms with Crippen molar-refractivity contribution in [3.8, 4) is 0 Å². The molecule has 18 heavy (non-hydrogen) atoms. The Morgan fingerprint density at radius 2 is 2.06 bits per heavy atom. The van der Waals surface area contributed by atoms with Gasteiger partial charge in [-0.3, -0.25) is 4.79 Å². The van der Waals surface area contributed by atoms with Crippen LogP contribution in [0.5, 0.6) is 0 Å². The molecule has 0 aliphatic heterocycles. The molecule has 0 saturated carbocycles. The molecule has 0 unspecified atom stereocenters. The summed E-state index contributed by atoms with van der Waals surface area (Å²) in [5.74, 6) is -1.30. The first-order valence-electron chi connectivity index (χ1n) is 5.73. The van der Waals surface area contributed by atoms with Crippen molar-refractivity contribution < 1.29 is 20.4 Å². The van der Waals surface area contributed by atoms with Gasteiger partial charge in [0.25, 0.3) is 0 Å². The van der Waals surface area contributed by atoms with Crippen LogP contribution in [0.15, 0.2) is 30.5 Å². The summed E-state index contributed by atoms with van der Waals surface area (Å²) in [6, 6.07) is 6.90. The molecule has 0 fully saturated rings. The Morgan fingerprint density at radius 1 is 1.33 bits per heavy atom. The average molecular weight is 246 g/mol. The van der Waals surface area contributed by atoms with Crippen molar-refractivity contribution >= 4 is 22.7 Å². The molecule has 1 atom stereocenters. The largest absolute Gasteiger partial charge is 0.550 e. The molecule has 0 aliphatic rings. The summed E-state index contributed by atoms with van der Waals surface area (Å²) in [4.78, 5) is 25.5. The smallest absolute Gasteiger partial charge is 0.221 e. The Hall–Kier alpha value is -2.14. The van der Waals surface area contributed by atoms with Crippen LogP contribution in [-0.4, -0.2) is 22.8 Å². The molecule has 0 radical (unpaired) electrons. The fourth-order valence-corrected chi connectivity index (χ4v) is 1.92. The number of carboxylic acids is 1. The van der Waals surface area contributed by atoms with E-state index in [9.17, 15) is 14.7 Å². The Labute approximate surface area is 104 Å². The van der Waals surface area contributed by atoms with E-state index in [1.165, 1.54) is 0 Å². The number of quaternary nitrogens is 1. The summed E-state index contributed by atoms with van der Waals surface area (Å²) in [7, 11) is 0. The predicted molar refractivity (Wildman–Crippen MR) is 63.5 cm³/mol. The number of carbonyl (C=O) groups is 2. The van der Waals surface area contributed by atoms with Gasteiger partial charge >= 0.3 is 0 Å². The number of fused-ring (bicyclic) bond motifs is 1. The monoisotopic (exact) mass is 246 g/mol. The van der Waals surface area contributed by atoms with E-state index in [1.54, 1.807) is 6.20 Å². The maximum Gasteiger partial charge on any atom is 0.221 e. The van der Waals surface area contributed by atoms with Crippen LogP contribution in [0.2, 0.25) is 0 Å². The van der Waals surface area contributed by atoms with Crippen molar-refractivity contribution in [1.29, 1.82) is 0 Å². The average Bonchev–Trinajstić information content (AvgIpc) is 2.78. The molecule has 0 bridgehead atoms. The zero-order valence-electron chi connectivity index (χ0n) is 9.81. The number of nitrogens with one attached hydrogen (secondary N) is 1. The van der Waals surface area contributed by atoms with E-state index in [4.69, 9.17) is 0 Å².